The average Bonchev–Trinajstić information content (AvgIpc) is 2.89. The molecule has 0 saturated heterocycles. The minimum absolute atomic E-state index is 0.245. The van der Waals surface area contributed by atoms with Crippen molar-refractivity contribution in [3.05, 3.63) is 40.8 Å². The minimum atomic E-state index is -0.245. The van der Waals surface area contributed by atoms with E-state index in [-0.39, 0.29) is 5.82 Å². The average molecular weight is 261 g/mol. The highest BCUT2D eigenvalue weighted by atomic mass is 32.1. The second kappa shape index (κ2) is 4.17. The summed E-state index contributed by atoms with van der Waals surface area (Å²) in [6, 6.07) is 6.50. The quantitative estimate of drug-likeness (QED) is 0.707. The first kappa shape index (κ1) is 11.3. The summed E-state index contributed by atoms with van der Waals surface area (Å²) in [6.07, 6.45) is 0.906. The maximum atomic E-state index is 13.2. The van der Waals surface area contributed by atoms with Crippen molar-refractivity contribution in [1.29, 1.82) is 0 Å². The van der Waals surface area contributed by atoms with Gasteiger partial charge in [0.25, 0.3) is 0 Å². The van der Waals surface area contributed by atoms with Crippen molar-refractivity contribution in [2.24, 2.45) is 0 Å². The standard InChI is InChI=1S/C13H12FN3S/c1-3-11-16-17-8(2)12(15-13(17)18-11)9-5-4-6-10(14)7-9/h4-7H,3H2,1-2H3. The van der Waals surface area contributed by atoms with Crippen LogP contribution in [-0.2, 0) is 6.42 Å². The van der Waals surface area contributed by atoms with Gasteiger partial charge in [0.15, 0.2) is 0 Å². The number of nitrogens with zero attached hydrogens (tertiary/aromatic N) is 3. The predicted molar refractivity (Wildman–Crippen MR) is 70.4 cm³/mol. The Balaban J connectivity index is 2.18. The summed E-state index contributed by atoms with van der Waals surface area (Å²) in [5.74, 6) is -0.245. The molecular weight excluding hydrogens is 249 g/mol. The number of imidazole rings is 1. The molecule has 2 aromatic heterocycles. The first-order valence-corrected chi connectivity index (χ1v) is 6.61. The van der Waals surface area contributed by atoms with E-state index in [1.807, 2.05) is 17.5 Å². The Morgan fingerprint density at radius 3 is 2.89 bits per heavy atom. The highest BCUT2D eigenvalue weighted by Gasteiger charge is 2.14. The highest BCUT2D eigenvalue weighted by Crippen LogP contribution is 2.26. The van der Waals surface area contributed by atoms with Crippen LogP contribution in [0.15, 0.2) is 24.3 Å². The summed E-state index contributed by atoms with van der Waals surface area (Å²) in [5, 5.41) is 5.54. The van der Waals surface area contributed by atoms with Crippen molar-refractivity contribution < 1.29 is 4.39 Å². The topological polar surface area (TPSA) is 30.2 Å². The van der Waals surface area contributed by atoms with E-state index in [1.165, 1.54) is 12.1 Å². The second-order valence-electron chi connectivity index (χ2n) is 4.10. The van der Waals surface area contributed by atoms with Gasteiger partial charge in [-0.3, -0.25) is 0 Å². The number of aromatic nitrogens is 3. The van der Waals surface area contributed by atoms with Crippen LogP contribution in [0.5, 0.6) is 0 Å². The third-order valence-corrected chi connectivity index (χ3v) is 3.92. The Hall–Kier alpha value is -1.75. The molecule has 0 aliphatic rings. The second-order valence-corrected chi connectivity index (χ2v) is 5.14. The van der Waals surface area contributed by atoms with Crippen molar-refractivity contribution in [3.8, 4) is 11.3 Å². The van der Waals surface area contributed by atoms with E-state index in [0.717, 1.165) is 33.3 Å². The molecule has 0 bridgehead atoms. The summed E-state index contributed by atoms with van der Waals surface area (Å²) in [5.41, 5.74) is 2.55. The molecule has 5 heteroatoms. The SMILES string of the molecule is CCc1nn2c(C)c(-c3cccc(F)c3)nc2s1. The number of rotatable bonds is 2. The zero-order valence-corrected chi connectivity index (χ0v) is 11.0. The summed E-state index contributed by atoms with van der Waals surface area (Å²) in [4.78, 5) is 5.41. The lowest BCUT2D eigenvalue weighted by atomic mass is 10.1. The molecule has 0 aliphatic heterocycles. The van der Waals surface area contributed by atoms with Crippen LogP contribution >= 0.6 is 11.3 Å². The Labute approximate surface area is 108 Å². The number of hydrogen-bond donors (Lipinski definition) is 0. The van der Waals surface area contributed by atoms with Crippen LogP contribution in [0, 0.1) is 12.7 Å². The van der Waals surface area contributed by atoms with Gasteiger partial charge in [0, 0.05) is 5.56 Å². The largest absolute Gasteiger partial charge is 0.217 e. The smallest absolute Gasteiger partial charge is 0.212 e. The number of hydrogen-bond acceptors (Lipinski definition) is 3. The number of benzene rings is 1. The van der Waals surface area contributed by atoms with E-state index < -0.39 is 0 Å². The summed E-state index contributed by atoms with van der Waals surface area (Å²) >= 11 is 1.58. The summed E-state index contributed by atoms with van der Waals surface area (Å²) < 4.78 is 15.1. The zero-order valence-electron chi connectivity index (χ0n) is 10.1. The molecular formula is C13H12FN3S. The normalized spacial score (nSPS) is 11.3. The van der Waals surface area contributed by atoms with Gasteiger partial charge in [-0.05, 0) is 25.5 Å². The van der Waals surface area contributed by atoms with Crippen LogP contribution in [0.3, 0.4) is 0 Å². The van der Waals surface area contributed by atoms with Crippen molar-refractivity contribution in [2.75, 3.05) is 0 Å². The van der Waals surface area contributed by atoms with Gasteiger partial charge in [0.05, 0.1) is 11.4 Å². The van der Waals surface area contributed by atoms with Gasteiger partial charge in [-0.25, -0.2) is 13.9 Å². The Morgan fingerprint density at radius 1 is 1.39 bits per heavy atom. The molecule has 3 aromatic rings. The van der Waals surface area contributed by atoms with E-state index in [1.54, 1.807) is 17.4 Å². The molecule has 2 heterocycles. The maximum absolute atomic E-state index is 13.2. The van der Waals surface area contributed by atoms with Crippen LogP contribution in [0.1, 0.15) is 17.6 Å². The number of aryl methyl sites for hydroxylation is 2. The van der Waals surface area contributed by atoms with Crippen LogP contribution in [0.2, 0.25) is 0 Å². The van der Waals surface area contributed by atoms with Gasteiger partial charge in [0.2, 0.25) is 4.96 Å². The summed E-state index contributed by atoms with van der Waals surface area (Å²) in [7, 11) is 0. The molecule has 0 fully saturated rings. The zero-order chi connectivity index (χ0) is 12.7. The fraction of sp³-hybridized carbons (Fsp3) is 0.231. The molecule has 0 unspecified atom stereocenters. The van der Waals surface area contributed by atoms with Gasteiger partial charge in [-0.2, -0.15) is 5.10 Å². The third-order valence-electron chi connectivity index (χ3n) is 2.87. The fourth-order valence-electron chi connectivity index (χ4n) is 1.94. The molecule has 3 nitrogen and oxygen atoms in total. The molecule has 0 amide bonds. The molecule has 0 saturated carbocycles. The molecule has 1 aromatic carbocycles. The highest BCUT2D eigenvalue weighted by molar-refractivity contribution is 7.16. The lowest BCUT2D eigenvalue weighted by Crippen LogP contribution is -1.90. The molecule has 0 N–H and O–H groups in total. The van der Waals surface area contributed by atoms with Crippen molar-refractivity contribution in [2.45, 2.75) is 20.3 Å². The Kier molecular flexibility index (Phi) is 2.63. The van der Waals surface area contributed by atoms with Gasteiger partial charge >= 0.3 is 0 Å². The van der Waals surface area contributed by atoms with Gasteiger partial charge < -0.3 is 0 Å². The molecule has 92 valence electrons. The molecule has 0 radical (unpaired) electrons. The first-order valence-electron chi connectivity index (χ1n) is 5.80. The van der Waals surface area contributed by atoms with Gasteiger partial charge in [0.1, 0.15) is 10.8 Å². The van der Waals surface area contributed by atoms with Crippen molar-refractivity contribution >= 4 is 16.3 Å². The van der Waals surface area contributed by atoms with Crippen LogP contribution in [0.4, 0.5) is 4.39 Å². The van der Waals surface area contributed by atoms with E-state index in [2.05, 4.69) is 17.0 Å². The summed E-state index contributed by atoms with van der Waals surface area (Å²) in [6.45, 7) is 4.03. The molecule has 18 heavy (non-hydrogen) atoms. The predicted octanol–water partition coefficient (Wildman–Crippen LogP) is 3.47. The lowest BCUT2D eigenvalue weighted by molar-refractivity contribution is 0.628. The number of halogens is 1. The van der Waals surface area contributed by atoms with E-state index >= 15 is 0 Å². The molecule has 3 rings (SSSR count). The number of fused-ring (bicyclic) bond motifs is 1. The van der Waals surface area contributed by atoms with Gasteiger partial charge in [-0.15, -0.1) is 0 Å². The van der Waals surface area contributed by atoms with Crippen LogP contribution < -0.4 is 0 Å². The van der Waals surface area contributed by atoms with Crippen molar-refractivity contribution in [3.63, 3.8) is 0 Å². The van der Waals surface area contributed by atoms with Crippen LogP contribution in [0.25, 0.3) is 16.2 Å². The third kappa shape index (κ3) is 1.71. The van der Waals surface area contributed by atoms with E-state index in [0.29, 0.717) is 0 Å². The monoisotopic (exact) mass is 261 g/mol. The Bertz CT molecular complexity index is 714. The molecule has 0 spiro atoms. The molecule has 0 atom stereocenters. The van der Waals surface area contributed by atoms with Crippen LogP contribution in [-0.4, -0.2) is 14.6 Å². The minimum Gasteiger partial charge on any atom is -0.217 e. The lowest BCUT2D eigenvalue weighted by Gasteiger charge is -1.98. The Morgan fingerprint density at radius 2 is 2.22 bits per heavy atom. The molecule has 0 aliphatic carbocycles. The van der Waals surface area contributed by atoms with Gasteiger partial charge in [-0.1, -0.05) is 30.4 Å². The van der Waals surface area contributed by atoms with E-state index in [9.17, 15) is 4.39 Å². The van der Waals surface area contributed by atoms with E-state index in [4.69, 9.17) is 0 Å². The first-order chi connectivity index (χ1) is 8.69. The fourth-order valence-corrected chi connectivity index (χ4v) is 2.82. The van der Waals surface area contributed by atoms with Crippen molar-refractivity contribution in [1.82, 2.24) is 14.6 Å². The maximum Gasteiger partial charge on any atom is 0.212 e.